The number of nitrogens with zero attached hydrogens (tertiary/aromatic N) is 1. The summed E-state index contributed by atoms with van der Waals surface area (Å²) in [5.41, 5.74) is 3.10. The van der Waals surface area contributed by atoms with E-state index in [0.29, 0.717) is 0 Å². The van der Waals surface area contributed by atoms with E-state index in [1.165, 1.54) is 26.7 Å². The minimum atomic E-state index is -0.993. The summed E-state index contributed by atoms with van der Waals surface area (Å²) in [6, 6.07) is 29.3. The SMILES string of the molecule is CC(C)(C)N1Cc2ccccc2[Si](c2ccccc2)c2ccccc2C1. The molecule has 3 aromatic rings. The van der Waals surface area contributed by atoms with Crippen LogP contribution in [0.25, 0.3) is 0 Å². The summed E-state index contributed by atoms with van der Waals surface area (Å²) in [5.74, 6) is 0. The molecule has 0 aromatic heterocycles. The lowest BCUT2D eigenvalue weighted by Crippen LogP contribution is -2.57. The fourth-order valence-corrected chi connectivity index (χ4v) is 6.74. The van der Waals surface area contributed by atoms with Crippen LogP contribution in [0.3, 0.4) is 0 Å². The monoisotopic (exact) mass is 356 g/mol. The second-order valence-electron chi connectivity index (χ2n) is 8.08. The highest BCUT2D eigenvalue weighted by molar-refractivity contribution is 6.96. The van der Waals surface area contributed by atoms with Gasteiger partial charge < -0.3 is 0 Å². The Kier molecular flexibility index (Phi) is 4.56. The molecule has 131 valence electrons. The maximum atomic E-state index is 2.61. The molecule has 0 aliphatic carbocycles. The third kappa shape index (κ3) is 3.27. The maximum Gasteiger partial charge on any atom is 0.155 e. The first-order valence-electron chi connectivity index (χ1n) is 9.38. The van der Waals surface area contributed by atoms with Crippen LogP contribution in [-0.4, -0.2) is 19.2 Å². The van der Waals surface area contributed by atoms with Crippen LogP contribution in [0.15, 0.2) is 78.9 Å². The zero-order chi connectivity index (χ0) is 18.1. The van der Waals surface area contributed by atoms with Gasteiger partial charge in [-0.25, -0.2) is 0 Å². The second-order valence-corrected chi connectivity index (χ2v) is 10.5. The molecule has 2 heteroatoms. The lowest BCUT2D eigenvalue weighted by Gasteiger charge is -2.39. The van der Waals surface area contributed by atoms with Crippen LogP contribution in [0.1, 0.15) is 31.9 Å². The van der Waals surface area contributed by atoms with Crippen molar-refractivity contribution in [3.05, 3.63) is 90.0 Å². The van der Waals surface area contributed by atoms with E-state index in [1.54, 1.807) is 0 Å². The molecule has 0 fully saturated rings. The zero-order valence-electron chi connectivity index (χ0n) is 15.9. The van der Waals surface area contributed by atoms with Crippen LogP contribution in [0, 0.1) is 0 Å². The molecule has 0 N–H and O–H groups in total. The standard InChI is InChI=1S/C24H26NSi/c1-24(2,3)25-17-19-11-7-9-15-22(19)26(21-13-5-4-6-14-21)23-16-10-8-12-20(23)18-25/h4-16H,17-18H2,1-3H3. The first kappa shape index (κ1) is 17.3. The molecule has 0 atom stereocenters. The van der Waals surface area contributed by atoms with Crippen molar-refractivity contribution in [1.29, 1.82) is 0 Å². The normalized spacial score (nSPS) is 15.7. The molecular weight excluding hydrogens is 330 g/mol. The van der Waals surface area contributed by atoms with Crippen molar-refractivity contribution in [2.45, 2.75) is 39.4 Å². The Morgan fingerprint density at radius 3 is 1.62 bits per heavy atom. The smallest absolute Gasteiger partial charge is 0.155 e. The predicted octanol–water partition coefficient (Wildman–Crippen LogP) is 3.32. The number of rotatable bonds is 1. The van der Waals surface area contributed by atoms with Crippen LogP contribution in [-0.2, 0) is 13.1 Å². The van der Waals surface area contributed by atoms with Gasteiger partial charge in [-0.15, -0.1) is 0 Å². The van der Waals surface area contributed by atoms with Gasteiger partial charge in [-0.3, -0.25) is 4.90 Å². The molecule has 1 radical (unpaired) electrons. The number of hydrogen-bond donors (Lipinski definition) is 0. The Balaban J connectivity index is 1.96. The first-order valence-corrected chi connectivity index (χ1v) is 10.9. The summed E-state index contributed by atoms with van der Waals surface area (Å²) in [6.45, 7) is 8.98. The highest BCUT2D eigenvalue weighted by Gasteiger charge is 2.31. The Hall–Kier alpha value is -2.16. The quantitative estimate of drug-likeness (QED) is 0.605. The molecule has 1 nitrogen and oxygen atoms in total. The molecule has 1 heterocycles. The summed E-state index contributed by atoms with van der Waals surface area (Å²) in [7, 11) is -0.993. The van der Waals surface area contributed by atoms with E-state index in [4.69, 9.17) is 0 Å². The van der Waals surface area contributed by atoms with E-state index < -0.39 is 8.80 Å². The maximum absolute atomic E-state index is 2.61. The molecule has 0 bridgehead atoms. The molecule has 26 heavy (non-hydrogen) atoms. The summed E-state index contributed by atoms with van der Waals surface area (Å²) < 4.78 is 0. The van der Waals surface area contributed by atoms with Crippen molar-refractivity contribution in [2.75, 3.05) is 0 Å². The Morgan fingerprint density at radius 1 is 0.654 bits per heavy atom. The molecule has 0 unspecified atom stereocenters. The highest BCUT2D eigenvalue weighted by Crippen LogP contribution is 2.22. The van der Waals surface area contributed by atoms with Crippen molar-refractivity contribution in [1.82, 2.24) is 4.90 Å². The largest absolute Gasteiger partial charge is 0.290 e. The fraction of sp³-hybridized carbons (Fsp3) is 0.250. The number of hydrogen-bond acceptors (Lipinski definition) is 1. The molecule has 0 amide bonds. The Labute approximate surface area is 158 Å². The van der Waals surface area contributed by atoms with Crippen molar-refractivity contribution in [2.24, 2.45) is 0 Å². The van der Waals surface area contributed by atoms with Crippen molar-refractivity contribution < 1.29 is 0 Å². The zero-order valence-corrected chi connectivity index (χ0v) is 16.9. The topological polar surface area (TPSA) is 3.24 Å². The first-order chi connectivity index (χ1) is 12.5. The highest BCUT2D eigenvalue weighted by atomic mass is 28.3. The van der Waals surface area contributed by atoms with Crippen molar-refractivity contribution in [3.8, 4) is 0 Å². The number of benzene rings is 3. The Bertz CT molecular complexity index is 846. The van der Waals surface area contributed by atoms with Crippen LogP contribution >= 0.6 is 0 Å². The minimum Gasteiger partial charge on any atom is -0.290 e. The van der Waals surface area contributed by atoms with Crippen LogP contribution < -0.4 is 15.6 Å². The van der Waals surface area contributed by atoms with Crippen LogP contribution in [0.4, 0.5) is 0 Å². The van der Waals surface area contributed by atoms with Gasteiger partial charge in [0, 0.05) is 18.6 Å². The van der Waals surface area contributed by atoms with Gasteiger partial charge >= 0.3 is 0 Å². The van der Waals surface area contributed by atoms with Gasteiger partial charge in [-0.2, -0.15) is 0 Å². The van der Waals surface area contributed by atoms with Gasteiger partial charge in [-0.1, -0.05) is 84.0 Å². The molecule has 1 aliphatic rings. The van der Waals surface area contributed by atoms with Gasteiger partial charge in [0.05, 0.1) is 0 Å². The summed E-state index contributed by atoms with van der Waals surface area (Å²) in [5, 5.41) is 4.54. The van der Waals surface area contributed by atoms with E-state index in [2.05, 4.69) is 105 Å². The molecule has 1 aliphatic heterocycles. The minimum absolute atomic E-state index is 0.136. The molecule has 4 rings (SSSR count). The van der Waals surface area contributed by atoms with E-state index in [1.807, 2.05) is 0 Å². The van der Waals surface area contributed by atoms with Crippen LogP contribution in [0.5, 0.6) is 0 Å². The molecule has 3 aromatic carbocycles. The van der Waals surface area contributed by atoms with E-state index in [-0.39, 0.29) is 5.54 Å². The summed E-state index contributed by atoms with van der Waals surface area (Å²) in [4.78, 5) is 2.61. The molecule has 0 saturated carbocycles. The van der Waals surface area contributed by atoms with Gasteiger partial charge in [-0.05, 0) is 42.3 Å². The van der Waals surface area contributed by atoms with Gasteiger partial charge in [0.2, 0.25) is 0 Å². The third-order valence-electron chi connectivity index (χ3n) is 5.31. The van der Waals surface area contributed by atoms with Gasteiger partial charge in [0.1, 0.15) is 0 Å². The number of fused-ring (bicyclic) bond motifs is 2. The van der Waals surface area contributed by atoms with E-state index in [0.717, 1.165) is 13.1 Å². The average molecular weight is 357 g/mol. The van der Waals surface area contributed by atoms with Crippen molar-refractivity contribution in [3.63, 3.8) is 0 Å². The van der Waals surface area contributed by atoms with E-state index in [9.17, 15) is 0 Å². The lowest BCUT2D eigenvalue weighted by molar-refractivity contribution is 0.119. The molecular formula is C24H26NSi. The Morgan fingerprint density at radius 2 is 1.12 bits per heavy atom. The molecule has 0 spiro atoms. The van der Waals surface area contributed by atoms with Gasteiger partial charge in [0.25, 0.3) is 0 Å². The summed E-state index contributed by atoms with van der Waals surface area (Å²) in [6.07, 6.45) is 0. The van der Waals surface area contributed by atoms with E-state index >= 15 is 0 Å². The predicted molar refractivity (Wildman–Crippen MR) is 113 cm³/mol. The van der Waals surface area contributed by atoms with Crippen molar-refractivity contribution >= 4 is 24.4 Å². The van der Waals surface area contributed by atoms with Gasteiger partial charge in [0.15, 0.2) is 8.80 Å². The fourth-order valence-electron chi connectivity index (χ4n) is 3.81. The van der Waals surface area contributed by atoms with Crippen LogP contribution in [0.2, 0.25) is 0 Å². The third-order valence-corrected chi connectivity index (χ3v) is 8.27. The summed E-state index contributed by atoms with van der Waals surface area (Å²) >= 11 is 0. The second kappa shape index (κ2) is 6.86. The average Bonchev–Trinajstić information content (AvgIpc) is 2.62. The lowest BCUT2D eigenvalue weighted by atomic mass is 10.0. The molecule has 0 saturated heterocycles.